The van der Waals surface area contributed by atoms with E-state index in [0.717, 1.165) is 0 Å². The van der Waals surface area contributed by atoms with Gasteiger partial charge in [0.25, 0.3) is 0 Å². The first-order chi connectivity index (χ1) is 4.79. The molecule has 0 aliphatic rings. The van der Waals surface area contributed by atoms with Crippen LogP contribution < -0.4 is 5.73 Å². The molecule has 11 heavy (non-hydrogen) atoms. The maximum absolute atomic E-state index is 5.36. The van der Waals surface area contributed by atoms with Crippen LogP contribution in [0.1, 0.15) is 5.56 Å². The van der Waals surface area contributed by atoms with Crippen molar-refractivity contribution in [3.05, 3.63) is 35.9 Å². The van der Waals surface area contributed by atoms with E-state index >= 15 is 0 Å². The fourth-order valence-corrected chi connectivity index (χ4v) is 0.964. The summed E-state index contributed by atoms with van der Waals surface area (Å²) in [5.74, 6) is 0. The van der Waals surface area contributed by atoms with E-state index in [0.29, 0.717) is 11.4 Å². The van der Waals surface area contributed by atoms with Crippen molar-refractivity contribution in [3.8, 4) is 0 Å². The summed E-state index contributed by atoms with van der Waals surface area (Å²) in [6.07, 6.45) is 0.705. The Morgan fingerprint density at radius 2 is 1.82 bits per heavy atom. The van der Waals surface area contributed by atoms with Gasteiger partial charge in [0.1, 0.15) is 0 Å². The minimum atomic E-state index is 0. The third-order valence-electron chi connectivity index (χ3n) is 1.22. The molecule has 0 bridgehead atoms. The van der Waals surface area contributed by atoms with Gasteiger partial charge in [-0.15, -0.1) is 0 Å². The van der Waals surface area contributed by atoms with E-state index in [-0.39, 0.29) is 27.7 Å². The Hall–Kier alpha value is 0.0451. The van der Waals surface area contributed by atoms with Gasteiger partial charge in [-0.2, -0.15) is 0 Å². The second-order valence-electron chi connectivity index (χ2n) is 2.13. The molecule has 0 amide bonds. The maximum atomic E-state index is 5.36. The molecule has 0 saturated heterocycles. The molecule has 0 radical (unpaired) electrons. The van der Waals surface area contributed by atoms with Crippen molar-refractivity contribution >= 4 is 17.2 Å². The first kappa shape index (κ1) is 11.0. The van der Waals surface area contributed by atoms with Crippen molar-refractivity contribution in [1.82, 2.24) is 0 Å². The number of hydrogen-bond acceptors (Lipinski definition) is 1. The van der Waals surface area contributed by atoms with Crippen LogP contribution in [0.2, 0.25) is 0 Å². The smallest absolute Gasteiger partial charge is 0.0771 e. The SMILES string of the molecule is NC(=S)Cc1ccccc1.[Hg]. The van der Waals surface area contributed by atoms with Crippen LogP contribution in [-0.2, 0) is 34.1 Å². The predicted octanol–water partition coefficient (Wildman–Crippen LogP) is 1.51. The summed E-state index contributed by atoms with van der Waals surface area (Å²) in [5.41, 5.74) is 6.53. The Bertz CT molecular complexity index is 223. The average molecular weight is 352 g/mol. The Morgan fingerprint density at radius 1 is 1.27 bits per heavy atom. The van der Waals surface area contributed by atoms with Crippen molar-refractivity contribution in [2.75, 3.05) is 0 Å². The summed E-state index contributed by atoms with van der Waals surface area (Å²) in [5, 5.41) is 0. The zero-order chi connectivity index (χ0) is 7.40. The maximum Gasteiger partial charge on any atom is 0.0771 e. The first-order valence-electron chi connectivity index (χ1n) is 3.11. The molecule has 0 saturated carbocycles. The largest absolute Gasteiger partial charge is 0.393 e. The van der Waals surface area contributed by atoms with Crippen LogP contribution in [0.4, 0.5) is 0 Å². The van der Waals surface area contributed by atoms with E-state index in [1.165, 1.54) is 5.56 Å². The van der Waals surface area contributed by atoms with Crippen LogP contribution in [0.15, 0.2) is 30.3 Å². The van der Waals surface area contributed by atoms with Crippen LogP contribution in [0, 0.1) is 0 Å². The molecule has 3 heteroatoms. The van der Waals surface area contributed by atoms with E-state index in [2.05, 4.69) is 0 Å². The van der Waals surface area contributed by atoms with Gasteiger partial charge in [0, 0.05) is 34.1 Å². The van der Waals surface area contributed by atoms with Gasteiger partial charge < -0.3 is 5.73 Å². The molecule has 0 aliphatic carbocycles. The summed E-state index contributed by atoms with van der Waals surface area (Å²) in [4.78, 5) is 0.547. The van der Waals surface area contributed by atoms with Crippen LogP contribution in [0.25, 0.3) is 0 Å². The summed E-state index contributed by atoms with van der Waals surface area (Å²) >= 11 is 4.76. The first-order valence-corrected chi connectivity index (χ1v) is 3.52. The Labute approximate surface area is 92.5 Å². The molecule has 0 spiro atoms. The van der Waals surface area contributed by atoms with Crippen LogP contribution in [0.3, 0.4) is 0 Å². The van der Waals surface area contributed by atoms with E-state index in [4.69, 9.17) is 18.0 Å². The molecule has 1 nitrogen and oxygen atoms in total. The standard InChI is InChI=1S/C8H9NS.Hg/c9-8(10)6-7-4-2-1-3-5-7;/h1-5H,6H2,(H2,9,10);. The van der Waals surface area contributed by atoms with Gasteiger partial charge in [-0.05, 0) is 5.56 Å². The third-order valence-corrected chi connectivity index (χ3v) is 1.37. The summed E-state index contributed by atoms with van der Waals surface area (Å²) in [6.45, 7) is 0. The average Bonchev–Trinajstić information content (AvgIpc) is 1.88. The van der Waals surface area contributed by atoms with Crippen molar-refractivity contribution < 1.29 is 27.7 Å². The van der Waals surface area contributed by atoms with E-state index in [1.54, 1.807) is 0 Å². The quantitative estimate of drug-likeness (QED) is 0.646. The molecule has 0 aliphatic heterocycles. The molecule has 1 rings (SSSR count). The number of hydrogen-bond donors (Lipinski definition) is 1. The van der Waals surface area contributed by atoms with Gasteiger partial charge in [-0.25, -0.2) is 0 Å². The summed E-state index contributed by atoms with van der Waals surface area (Å²) in [7, 11) is 0. The van der Waals surface area contributed by atoms with Crippen LogP contribution >= 0.6 is 12.2 Å². The summed E-state index contributed by atoms with van der Waals surface area (Å²) < 4.78 is 0. The van der Waals surface area contributed by atoms with Gasteiger partial charge in [-0.3, -0.25) is 0 Å². The Morgan fingerprint density at radius 3 is 2.27 bits per heavy atom. The fourth-order valence-electron chi connectivity index (χ4n) is 0.797. The van der Waals surface area contributed by atoms with Gasteiger partial charge >= 0.3 is 0 Å². The molecule has 1 aromatic carbocycles. The number of nitrogens with two attached hydrogens (primary N) is 1. The molecule has 0 atom stereocenters. The van der Waals surface area contributed by atoms with E-state index < -0.39 is 0 Å². The minimum Gasteiger partial charge on any atom is -0.393 e. The molecule has 2 N–H and O–H groups in total. The normalized spacial score (nSPS) is 8.36. The van der Waals surface area contributed by atoms with Crippen LogP contribution in [0.5, 0.6) is 0 Å². The molecule has 0 aromatic heterocycles. The number of rotatable bonds is 2. The monoisotopic (exact) mass is 353 g/mol. The molecular formula is C8H9HgNS. The molecule has 0 heterocycles. The van der Waals surface area contributed by atoms with Crippen molar-refractivity contribution in [2.24, 2.45) is 5.73 Å². The Balaban J connectivity index is 0.000001000. The number of benzene rings is 1. The molecular weight excluding hydrogens is 343 g/mol. The zero-order valence-electron chi connectivity index (χ0n) is 6.29. The fraction of sp³-hybridized carbons (Fsp3) is 0.125. The van der Waals surface area contributed by atoms with Crippen molar-refractivity contribution in [3.63, 3.8) is 0 Å². The molecule has 0 fully saturated rings. The van der Waals surface area contributed by atoms with Crippen LogP contribution in [-0.4, -0.2) is 4.99 Å². The zero-order valence-corrected chi connectivity index (χ0v) is 12.6. The van der Waals surface area contributed by atoms with E-state index in [1.807, 2.05) is 30.3 Å². The predicted molar refractivity (Wildman–Crippen MR) is 46.9 cm³/mol. The second-order valence-corrected chi connectivity index (χ2v) is 2.65. The third kappa shape index (κ3) is 4.48. The van der Waals surface area contributed by atoms with E-state index in [9.17, 15) is 0 Å². The minimum absolute atomic E-state index is 0. The van der Waals surface area contributed by atoms with Gasteiger partial charge in [0.05, 0.1) is 4.99 Å². The topological polar surface area (TPSA) is 26.0 Å². The van der Waals surface area contributed by atoms with Crippen molar-refractivity contribution in [2.45, 2.75) is 6.42 Å². The Kier molecular flexibility index (Phi) is 5.69. The summed E-state index contributed by atoms with van der Waals surface area (Å²) in [6, 6.07) is 9.96. The van der Waals surface area contributed by atoms with Gasteiger partial charge in [0.2, 0.25) is 0 Å². The van der Waals surface area contributed by atoms with Gasteiger partial charge in [0.15, 0.2) is 0 Å². The number of thiocarbonyl (C=S) groups is 1. The molecule has 1 aromatic rings. The van der Waals surface area contributed by atoms with Gasteiger partial charge in [-0.1, -0.05) is 42.5 Å². The second kappa shape index (κ2) is 5.66. The molecule has 0 unspecified atom stereocenters. The molecule has 54 valence electrons. The van der Waals surface area contributed by atoms with Crippen molar-refractivity contribution in [1.29, 1.82) is 0 Å².